The first-order valence-electron chi connectivity index (χ1n) is 8.36. The maximum absolute atomic E-state index is 12.0. The Kier molecular flexibility index (Phi) is 5.67. The fourth-order valence-corrected chi connectivity index (χ4v) is 3.00. The lowest BCUT2D eigenvalue weighted by Crippen LogP contribution is -2.47. The van der Waals surface area contributed by atoms with E-state index in [1.54, 1.807) is 14.1 Å². The molecule has 0 saturated carbocycles. The Morgan fingerprint density at radius 1 is 1.50 bits per heavy atom. The Bertz CT molecular complexity index is 564. The summed E-state index contributed by atoms with van der Waals surface area (Å²) < 4.78 is 5.55. The molecule has 2 rings (SSSR count). The molecule has 1 aliphatic rings. The van der Waals surface area contributed by atoms with Crippen LogP contribution in [0.15, 0.2) is 6.20 Å². The predicted molar refractivity (Wildman–Crippen MR) is 91.6 cm³/mol. The molecule has 0 spiro atoms. The minimum Gasteiger partial charge on any atom is -0.386 e. The maximum Gasteiger partial charge on any atom is 0.225 e. The summed E-state index contributed by atoms with van der Waals surface area (Å²) in [6.45, 7) is 8.94. The van der Waals surface area contributed by atoms with E-state index in [0.717, 1.165) is 11.3 Å². The number of carbonyl (C=O) groups is 1. The van der Waals surface area contributed by atoms with Gasteiger partial charge in [-0.3, -0.25) is 14.8 Å². The van der Waals surface area contributed by atoms with Crippen molar-refractivity contribution in [3.63, 3.8) is 0 Å². The summed E-state index contributed by atoms with van der Waals surface area (Å²) in [5, 5.41) is 18.1. The van der Waals surface area contributed by atoms with Crippen LogP contribution in [0.3, 0.4) is 0 Å². The molecule has 7 nitrogen and oxygen atoms in total. The highest BCUT2D eigenvalue weighted by molar-refractivity contribution is 5.76. The first-order chi connectivity index (χ1) is 11.1. The summed E-state index contributed by atoms with van der Waals surface area (Å²) in [4.78, 5) is 15.7. The van der Waals surface area contributed by atoms with Gasteiger partial charge in [0.05, 0.1) is 25.8 Å². The summed E-state index contributed by atoms with van der Waals surface area (Å²) in [6.07, 6.45) is 1.91. The zero-order valence-electron chi connectivity index (χ0n) is 15.4. The number of nitrogens with zero attached hydrogens (tertiary/aromatic N) is 3. The number of ether oxygens (including phenoxy) is 1. The summed E-state index contributed by atoms with van der Waals surface area (Å²) in [5.41, 5.74) is 1.03. The second-order valence-electron chi connectivity index (χ2n) is 7.97. The number of aliphatic hydroxyl groups is 1. The summed E-state index contributed by atoms with van der Waals surface area (Å²) in [6, 6.07) is 0. The molecule has 7 heteroatoms. The highest BCUT2D eigenvalue weighted by Gasteiger charge is 2.35. The molecule has 1 saturated heterocycles. The summed E-state index contributed by atoms with van der Waals surface area (Å²) in [7, 11) is 3.39. The van der Waals surface area contributed by atoms with Crippen LogP contribution < -0.4 is 0 Å². The van der Waals surface area contributed by atoms with Crippen LogP contribution in [-0.2, 0) is 21.5 Å². The molecular weight excluding hydrogens is 308 g/mol. The maximum atomic E-state index is 12.0. The van der Waals surface area contributed by atoms with Gasteiger partial charge < -0.3 is 14.7 Å². The SMILES string of the molecule is CN(C)C(=O)CC1(O)COCCN(Cc2cn[nH]c2C(C)(C)C)C1. The van der Waals surface area contributed by atoms with Crippen LogP contribution in [0.25, 0.3) is 0 Å². The molecule has 0 bridgehead atoms. The van der Waals surface area contributed by atoms with Crippen molar-refractivity contribution in [1.82, 2.24) is 20.0 Å². The third kappa shape index (κ3) is 4.78. The topological polar surface area (TPSA) is 81.7 Å². The van der Waals surface area contributed by atoms with Crippen molar-refractivity contribution < 1.29 is 14.6 Å². The Balaban J connectivity index is 2.10. The van der Waals surface area contributed by atoms with Gasteiger partial charge in [-0.2, -0.15) is 5.10 Å². The molecular formula is C17H30N4O3. The number of carbonyl (C=O) groups excluding carboxylic acids is 1. The van der Waals surface area contributed by atoms with E-state index in [4.69, 9.17) is 4.74 Å². The van der Waals surface area contributed by atoms with Crippen molar-refractivity contribution in [3.8, 4) is 0 Å². The van der Waals surface area contributed by atoms with E-state index in [1.807, 2.05) is 6.20 Å². The van der Waals surface area contributed by atoms with Crippen LogP contribution >= 0.6 is 0 Å². The van der Waals surface area contributed by atoms with E-state index in [0.29, 0.717) is 26.2 Å². The van der Waals surface area contributed by atoms with Crippen molar-refractivity contribution in [2.24, 2.45) is 0 Å². The van der Waals surface area contributed by atoms with Crippen molar-refractivity contribution in [2.75, 3.05) is 40.4 Å². The van der Waals surface area contributed by atoms with Gasteiger partial charge in [-0.15, -0.1) is 0 Å². The highest BCUT2D eigenvalue weighted by Crippen LogP contribution is 2.26. The summed E-state index contributed by atoms with van der Waals surface area (Å²) in [5.74, 6) is -0.0957. The van der Waals surface area contributed by atoms with E-state index in [-0.39, 0.29) is 24.3 Å². The van der Waals surface area contributed by atoms with Crippen LogP contribution in [-0.4, -0.2) is 77.0 Å². The first kappa shape index (κ1) is 18.9. The number of nitrogens with one attached hydrogen (secondary N) is 1. The van der Waals surface area contributed by atoms with Gasteiger partial charge in [-0.25, -0.2) is 0 Å². The average Bonchev–Trinajstić information content (AvgIpc) is 2.83. The number of aromatic amines is 1. The summed E-state index contributed by atoms with van der Waals surface area (Å²) >= 11 is 0. The normalized spacial score (nSPS) is 23.1. The highest BCUT2D eigenvalue weighted by atomic mass is 16.5. The quantitative estimate of drug-likeness (QED) is 0.847. The van der Waals surface area contributed by atoms with Gasteiger partial charge in [-0.1, -0.05) is 20.8 Å². The number of rotatable bonds is 4. The fourth-order valence-electron chi connectivity index (χ4n) is 3.00. The van der Waals surface area contributed by atoms with E-state index >= 15 is 0 Å². The zero-order valence-corrected chi connectivity index (χ0v) is 15.4. The standard InChI is InChI=1S/C17H30N4O3/c1-16(2,3)15-13(9-18-19-15)10-21-6-7-24-12-17(23,11-21)8-14(22)20(4)5/h9,23H,6-8,10-12H2,1-5H3,(H,18,19). The number of H-pyrrole nitrogens is 1. The predicted octanol–water partition coefficient (Wildman–Crippen LogP) is 0.749. The molecule has 1 amide bonds. The lowest BCUT2D eigenvalue weighted by atomic mass is 9.89. The van der Waals surface area contributed by atoms with Crippen molar-refractivity contribution in [1.29, 1.82) is 0 Å². The first-order valence-corrected chi connectivity index (χ1v) is 8.36. The number of hydrogen-bond acceptors (Lipinski definition) is 5. The van der Waals surface area contributed by atoms with Crippen molar-refractivity contribution in [2.45, 2.75) is 44.8 Å². The Labute approximate surface area is 144 Å². The van der Waals surface area contributed by atoms with E-state index < -0.39 is 5.60 Å². The minimum atomic E-state index is -1.16. The second-order valence-corrected chi connectivity index (χ2v) is 7.97. The molecule has 2 N–H and O–H groups in total. The lowest BCUT2D eigenvalue weighted by Gasteiger charge is -2.31. The van der Waals surface area contributed by atoms with Gasteiger partial charge in [0.15, 0.2) is 0 Å². The fraction of sp³-hybridized carbons (Fsp3) is 0.765. The molecule has 1 aromatic heterocycles. The van der Waals surface area contributed by atoms with Crippen LogP contribution in [0.1, 0.15) is 38.4 Å². The third-order valence-corrected chi connectivity index (χ3v) is 4.28. The molecule has 1 aliphatic heterocycles. The van der Waals surface area contributed by atoms with E-state index in [1.165, 1.54) is 4.90 Å². The number of hydrogen-bond donors (Lipinski definition) is 2. The molecule has 136 valence electrons. The van der Waals surface area contributed by atoms with E-state index in [9.17, 15) is 9.90 Å². The Hall–Kier alpha value is -1.44. The van der Waals surface area contributed by atoms with Gasteiger partial charge in [0, 0.05) is 50.4 Å². The van der Waals surface area contributed by atoms with Crippen molar-refractivity contribution >= 4 is 5.91 Å². The lowest BCUT2D eigenvalue weighted by molar-refractivity contribution is -0.136. The van der Waals surface area contributed by atoms with Gasteiger partial charge >= 0.3 is 0 Å². The molecule has 2 heterocycles. The van der Waals surface area contributed by atoms with Crippen LogP contribution in [0, 0.1) is 0 Å². The number of aromatic nitrogens is 2. The molecule has 0 aliphatic carbocycles. The third-order valence-electron chi connectivity index (χ3n) is 4.28. The number of β-amino-alcohol motifs (C(OH)–C–C–N with tert-alkyl or cyclic N) is 1. The molecule has 1 atom stereocenters. The van der Waals surface area contributed by atoms with Crippen LogP contribution in [0.5, 0.6) is 0 Å². The van der Waals surface area contributed by atoms with E-state index in [2.05, 4.69) is 35.9 Å². The molecule has 0 radical (unpaired) electrons. The molecule has 1 unspecified atom stereocenters. The Morgan fingerprint density at radius 3 is 2.83 bits per heavy atom. The molecule has 1 fully saturated rings. The Morgan fingerprint density at radius 2 is 2.21 bits per heavy atom. The van der Waals surface area contributed by atoms with Crippen molar-refractivity contribution in [3.05, 3.63) is 17.5 Å². The molecule has 1 aromatic rings. The van der Waals surface area contributed by atoms with Gasteiger partial charge in [0.1, 0.15) is 5.60 Å². The monoisotopic (exact) mass is 338 g/mol. The van der Waals surface area contributed by atoms with Gasteiger partial charge in [0.2, 0.25) is 5.91 Å². The second kappa shape index (κ2) is 7.21. The molecule has 24 heavy (non-hydrogen) atoms. The largest absolute Gasteiger partial charge is 0.386 e. The number of amides is 1. The van der Waals surface area contributed by atoms with Crippen LogP contribution in [0.4, 0.5) is 0 Å². The molecule has 0 aromatic carbocycles. The average molecular weight is 338 g/mol. The zero-order chi connectivity index (χ0) is 18.0. The minimum absolute atomic E-state index is 0.0224. The smallest absolute Gasteiger partial charge is 0.225 e. The van der Waals surface area contributed by atoms with Gasteiger partial charge in [-0.05, 0) is 0 Å². The van der Waals surface area contributed by atoms with Crippen LogP contribution in [0.2, 0.25) is 0 Å². The van der Waals surface area contributed by atoms with Gasteiger partial charge in [0.25, 0.3) is 0 Å².